The number of nitrogens with one attached hydrogen (secondary N) is 1. The fourth-order valence-corrected chi connectivity index (χ4v) is 2.05. The van der Waals surface area contributed by atoms with Crippen molar-refractivity contribution < 1.29 is 18.1 Å². The average molecular weight is 258 g/mol. The van der Waals surface area contributed by atoms with E-state index in [0.29, 0.717) is 0 Å². The summed E-state index contributed by atoms with van der Waals surface area (Å²) in [6.45, 7) is 3.30. The van der Waals surface area contributed by atoms with E-state index in [4.69, 9.17) is 0 Å². The quantitative estimate of drug-likeness (QED) is 0.482. The van der Waals surface area contributed by atoms with E-state index < -0.39 is 14.9 Å². The van der Waals surface area contributed by atoms with Crippen molar-refractivity contribution in [1.29, 1.82) is 0 Å². The molecule has 1 aromatic rings. The van der Waals surface area contributed by atoms with Crippen LogP contribution in [0.4, 0.5) is 5.69 Å². The molecule has 0 aliphatic carbocycles. The first-order valence-corrected chi connectivity index (χ1v) is 5.85. The van der Waals surface area contributed by atoms with Crippen molar-refractivity contribution in [3.8, 4) is 0 Å². The van der Waals surface area contributed by atoms with E-state index in [9.17, 15) is 18.5 Å². The minimum absolute atomic E-state index is 0.170. The molecule has 0 fully saturated rings. The van der Waals surface area contributed by atoms with Crippen molar-refractivity contribution in [2.24, 2.45) is 0 Å². The second-order valence-corrected chi connectivity index (χ2v) is 4.67. The van der Waals surface area contributed by atoms with Gasteiger partial charge in [0.15, 0.2) is 5.88 Å². The number of nitro benzene ring substituents is 1. The molecule has 17 heavy (non-hydrogen) atoms. The first-order valence-electron chi connectivity index (χ1n) is 4.37. The van der Waals surface area contributed by atoms with Gasteiger partial charge in [0, 0.05) is 12.1 Å². The molecule has 0 unspecified atom stereocenters. The van der Waals surface area contributed by atoms with Crippen LogP contribution < -0.4 is 4.72 Å². The Morgan fingerprint density at radius 3 is 2.71 bits per heavy atom. The van der Waals surface area contributed by atoms with Crippen molar-refractivity contribution in [3.63, 3.8) is 0 Å². The number of hydrogen-bond donors (Lipinski definition) is 1. The molecule has 0 heterocycles. The first-order chi connectivity index (χ1) is 7.86. The second kappa shape index (κ2) is 4.83. The molecule has 1 N–H and O–H groups in total. The van der Waals surface area contributed by atoms with Crippen LogP contribution in [-0.2, 0) is 14.8 Å². The topological polar surface area (TPSA) is 98.5 Å². The Morgan fingerprint density at radius 1 is 1.53 bits per heavy atom. The summed E-state index contributed by atoms with van der Waals surface area (Å²) in [6.07, 6.45) is 0. The van der Waals surface area contributed by atoms with Gasteiger partial charge < -0.3 is 4.74 Å². The number of hydrogen-bond acceptors (Lipinski definition) is 5. The predicted molar refractivity (Wildman–Crippen MR) is 59.6 cm³/mol. The van der Waals surface area contributed by atoms with Gasteiger partial charge in [-0.2, -0.15) is 0 Å². The highest BCUT2D eigenvalue weighted by atomic mass is 32.2. The van der Waals surface area contributed by atoms with Gasteiger partial charge in [-0.25, -0.2) is 8.42 Å². The lowest BCUT2D eigenvalue weighted by atomic mass is 10.3. The molecule has 0 atom stereocenters. The zero-order valence-electron chi connectivity index (χ0n) is 8.91. The number of rotatable bonds is 5. The molecule has 0 aliphatic heterocycles. The van der Waals surface area contributed by atoms with Crippen LogP contribution in [0.3, 0.4) is 0 Å². The average Bonchev–Trinajstić information content (AvgIpc) is 2.28. The van der Waals surface area contributed by atoms with Crippen molar-refractivity contribution >= 4 is 15.7 Å². The van der Waals surface area contributed by atoms with Crippen LogP contribution in [0.1, 0.15) is 0 Å². The summed E-state index contributed by atoms with van der Waals surface area (Å²) in [5.74, 6) is -0.170. The smallest absolute Gasteiger partial charge is 0.270 e. The van der Waals surface area contributed by atoms with E-state index in [2.05, 4.69) is 11.3 Å². The van der Waals surface area contributed by atoms with Gasteiger partial charge in [0.25, 0.3) is 15.7 Å². The highest BCUT2D eigenvalue weighted by molar-refractivity contribution is 7.89. The second-order valence-electron chi connectivity index (χ2n) is 2.99. The number of ether oxygens (including phenoxy) is 1. The molecule has 0 spiro atoms. The minimum atomic E-state index is -3.91. The van der Waals surface area contributed by atoms with Gasteiger partial charge in [-0.15, -0.1) is 0 Å². The van der Waals surface area contributed by atoms with Gasteiger partial charge in [-0.3, -0.25) is 14.8 Å². The molecule has 0 aliphatic rings. The number of nitro groups is 1. The van der Waals surface area contributed by atoms with Gasteiger partial charge in [-0.1, -0.05) is 6.07 Å². The molecule has 0 amide bonds. The maximum atomic E-state index is 11.7. The summed E-state index contributed by atoms with van der Waals surface area (Å²) in [6, 6.07) is 4.66. The normalized spacial score (nSPS) is 10.6. The molecular formula is C9H10N2O5S. The third kappa shape index (κ3) is 3.18. The standard InChI is InChI=1S/C9H10N2O5S/c1-7(16-2)10-17(14,15)9-5-3-4-8(6-9)11(12)13/h3-6,10H,1H2,2H3. The molecule has 7 nitrogen and oxygen atoms in total. The molecule has 0 saturated carbocycles. The van der Waals surface area contributed by atoms with Crippen molar-refractivity contribution in [1.82, 2.24) is 4.72 Å². The van der Waals surface area contributed by atoms with E-state index in [0.717, 1.165) is 6.07 Å². The lowest BCUT2D eigenvalue weighted by molar-refractivity contribution is -0.385. The molecule has 0 bridgehead atoms. The summed E-state index contributed by atoms with van der Waals surface area (Å²) in [5.41, 5.74) is -0.309. The molecule has 0 aromatic heterocycles. The van der Waals surface area contributed by atoms with Crippen molar-refractivity contribution in [2.75, 3.05) is 7.11 Å². The minimum Gasteiger partial charge on any atom is -0.482 e. The van der Waals surface area contributed by atoms with Crippen LogP contribution in [0.25, 0.3) is 0 Å². The Balaban J connectivity index is 3.11. The van der Waals surface area contributed by atoms with Gasteiger partial charge in [0.2, 0.25) is 0 Å². The summed E-state index contributed by atoms with van der Waals surface area (Å²) < 4.78 is 30.0. The van der Waals surface area contributed by atoms with Crippen molar-refractivity contribution in [2.45, 2.75) is 4.90 Å². The lowest BCUT2D eigenvalue weighted by Gasteiger charge is -2.08. The van der Waals surface area contributed by atoms with Crippen LogP contribution in [0.15, 0.2) is 41.6 Å². The number of methoxy groups -OCH3 is 1. The highest BCUT2D eigenvalue weighted by Gasteiger charge is 2.18. The van der Waals surface area contributed by atoms with Gasteiger partial charge in [0.1, 0.15) is 0 Å². The third-order valence-corrected chi connectivity index (χ3v) is 3.20. The monoisotopic (exact) mass is 258 g/mol. The summed E-state index contributed by atoms with van der Waals surface area (Å²) in [7, 11) is -2.66. The Morgan fingerprint density at radius 2 is 2.18 bits per heavy atom. The highest BCUT2D eigenvalue weighted by Crippen LogP contribution is 2.17. The van der Waals surface area contributed by atoms with E-state index in [1.807, 2.05) is 4.72 Å². The van der Waals surface area contributed by atoms with E-state index >= 15 is 0 Å². The maximum Gasteiger partial charge on any atom is 0.270 e. The lowest BCUT2D eigenvalue weighted by Crippen LogP contribution is -2.23. The first kappa shape index (κ1) is 13.0. The van der Waals surface area contributed by atoms with E-state index in [1.165, 1.54) is 25.3 Å². The molecule has 8 heteroatoms. The van der Waals surface area contributed by atoms with E-state index in [-0.39, 0.29) is 16.5 Å². The Hall–Kier alpha value is -2.09. The zero-order valence-corrected chi connectivity index (χ0v) is 9.73. The van der Waals surface area contributed by atoms with Crippen LogP contribution in [0.2, 0.25) is 0 Å². The maximum absolute atomic E-state index is 11.7. The van der Waals surface area contributed by atoms with Gasteiger partial charge >= 0.3 is 0 Å². The third-order valence-electron chi connectivity index (χ3n) is 1.83. The van der Waals surface area contributed by atoms with Gasteiger partial charge in [-0.05, 0) is 12.6 Å². The van der Waals surface area contributed by atoms with E-state index in [1.54, 1.807) is 0 Å². The number of nitrogens with zero attached hydrogens (tertiary/aromatic N) is 1. The van der Waals surface area contributed by atoms with Gasteiger partial charge in [0.05, 0.1) is 16.9 Å². The Kier molecular flexibility index (Phi) is 3.69. The number of sulfonamides is 1. The largest absolute Gasteiger partial charge is 0.482 e. The van der Waals surface area contributed by atoms with Crippen LogP contribution in [0.5, 0.6) is 0 Å². The Labute approximate surface area is 97.9 Å². The molecule has 1 rings (SSSR count). The molecule has 0 radical (unpaired) electrons. The van der Waals surface area contributed by atoms with Crippen LogP contribution >= 0.6 is 0 Å². The fraction of sp³-hybridized carbons (Fsp3) is 0.111. The molecular weight excluding hydrogens is 248 g/mol. The van der Waals surface area contributed by atoms with Crippen LogP contribution in [-0.4, -0.2) is 20.5 Å². The molecule has 1 aromatic carbocycles. The summed E-state index contributed by atoms with van der Waals surface area (Å²) in [5, 5.41) is 10.5. The fourth-order valence-electron chi connectivity index (χ4n) is 1.01. The predicted octanol–water partition coefficient (Wildman–Crippen LogP) is 0.991. The summed E-state index contributed by atoms with van der Waals surface area (Å²) >= 11 is 0. The zero-order chi connectivity index (χ0) is 13.1. The SMILES string of the molecule is C=C(NS(=O)(=O)c1cccc([N+](=O)[O-])c1)OC. The van der Waals surface area contributed by atoms with Crippen molar-refractivity contribution in [3.05, 3.63) is 46.8 Å². The number of non-ortho nitro benzene ring substituents is 1. The Bertz CT molecular complexity index is 552. The number of benzene rings is 1. The molecule has 92 valence electrons. The van der Waals surface area contributed by atoms with Crippen LogP contribution in [0, 0.1) is 10.1 Å². The summed E-state index contributed by atoms with van der Waals surface area (Å²) in [4.78, 5) is 9.60. The molecule has 0 saturated heterocycles.